The molecule has 0 N–H and O–H groups in total. The van der Waals surface area contributed by atoms with Crippen LogP contribution < -0.4 is 0 Å². The van der Waals surface area contributed by atoms with E-state index in [9.17, 15) is 9.18 Å². The second-order valence-corrected chi connectivity index (χ2v) is 4.60. The zero-order valence-electron chi connectivity index (χ0n) is 11.0. The van der Waals surface area contributed by atoms with E-state index < -0.39 is 0 Å². The lowest BCUT2D eigenvalue weighted by atomic mass is 10.1. The van der Waals surface area contributed by atoms with Crippen molar-refractivity contribution in [2.75, 3.05) is 13.6 Å². The third-order valence-electron chi connectivity index (χ3n) is 2.99. The summed E-state index contributed by atoms with van der Waals surface area (Å²) in [6.07, 6.45) is 1.64. The minimum Gasteiger partial charge on any atom is -0.469 e. The number of ketones is 1. The zero-order chi connectivity index (χ0) is 13.8. The number of halogens is 1. The van der Waals surface area contributed by atoms with Crippen LogP contribution in [0.25, 0.3) is 0 Å². The van der Waals surface area contributed by atoms with Crippen LogP contribution in [0.4, 0.5) is 4.39 Å². The Hall–Kier alpha value is -1.94. The molecule has 19 heavy (non-hydrogen) atoms. The molecule has 100 valence electrons. The van der Waals surface area contributed by atoms with E-state index in [1.54, 1.807) is 6.26 Å². The van der Waals surface area contributed by atoms with Crippen molar-refractivity contribution in [1.29, 1.82) is 0 Å². The number of hydrogen-bond acceptors (Lipinski definition) is 3. The van der Waals surface area contributed by atoms with E-state index in [-0.39, 0.29) is 18.1 Å². The van der Waals surface area contributed by atoms with Crippen LogP contribution in [-0.4, -0.2) is 24.3 Å². The van der Waals surface area contributed by atoms with Gasteiger partial charge in [0.1, 0.15) is 11.6 Å². The Kier molecular flexibility index (Phi) is 4.12. The molecule has 0 radical (unpaired) electrons. The molecule has 4 heteroatoms. The third kappa shape index (κ3) is 3.51. The summed E-state index contributed by atoms with van der Waals surface area (Å²) < 4.78 is 18.0. The number of benzene rings is 1. The van der Waals surface area contributed by atoms with E-state index in [0.29, 0.717) is 12.1 Å². The molecule has 1 aromatic carbocycles. The Morgan fingerprint density at radius 3 is 2.53 bits per heavy atom. The Morgan fingerprint density at radius 1 is 1.26 bits per heavy atom. The van der Waals surface area contributed by atoms with Crippen LogP contribution in [0.1, 0.15) is 21.7 Å². The summed E-state index contributed by atoms with van der Waals surface area (Å²) in [4.78, 5) is 13.9. The summed E-state index contributed by atoms with van der Waals surface area (Å²) in [5.41, 5.74) is 1.59. The Bertz CT molecular complexity index is 560. The molecule has 3 nitrogen and oxygen atoms in total. The maximum Gasteiger partial charge on any atom is 0.176 e. The second-order valence-electron chi connectivity index (χ2n) is 4.60. The first-order valence-electron chi connectivity index (χ1n) is 6.06. The van der Waals surface area contributed by atoms with Gasteiger partial charge in [0, 0.05) is 17.7 Å². The zero-order valence-corrected chi connectivity index (χ0v) is 11.0. The summed E-state index contributed by atoms with van der Waals surface area (Å²) in [7, 11) is 1.87. The molecule has 2 rings (SSSR count). The number of furan rings is 1. The first-order valence-corrected chi connectivity index (χ1v) is 6.06. The Morgan fingerprint density at radius 2 is 1.95 bits per heavy atom. The maximum absolute atomic E-state index is 12.8. The Balaban J connectivity index is 1.95. The highest BCUT2D eigenvalue weighted by atomic mass is 19.1. The minimum atomic E-state index is -0.334. The molecule has 0 spiro atoms. The number of hydrogen-bond donors (Lipinski definition) is 0. The second kappa shape index (κ2) is 5.80. The van der Waals surface area contributed by atoms with Crippen molar-refractivity contribution in [2.45, 2.75) is 13.5 Å². The fraction of sp³-hybridized carbons (Fsp3) is 0.267. The van der Waals surface area contributed by atoms with Crippen molar-refractivity contribution in [3.63, 3.8) is 0 Å². The lowest BCUT2D eigenvalue weighted by Gasteiger charge is -2.15. The molecule has 0 aliphatic rings. The molecule has 0 saturated carbocycles. The van der Waals surface area contributed by atoms with Crippen molar-refractivity contribution in [2.24, 2.45) is 0 Å². The summed E-state index contributed by atoms with van der Waals surface area (Å²) >= 11 is 0. The van der Waals surface area contributed by atoms with Crippen LogP contribution in [0.3, 0.4) is 0 Å². The van der Waals surface area contributed by atoms with Gasteiger partial charge in [-0.25, -0.2) is 4.39 Å². The first-order chi connectivity index (χ1) is 9.06. The van der Waals surface area contributed by atoms with E-state index >= 15 is 0 Å². The van der Waals surface area contributed by atoms with Crippen LogP contribution in [0.15, 0.2) is 41.0 Å². The Labute approximate surface area is 111 Å². The molecule has 0 aliphatic carbocycles. The number of likely N-dealkylation sites (N-methyl/N-ethyl adjacent to an activating group) is 1. The quantitative estimate of drug-likeness (QED) is 0.776. The smallest absolute Gasteiger partial charge is 0.176 e. The molecule has 0 saturated heterocycles. The normalized spacial score (nSPS) is 10.9. The predicted molar refractivity (Wildman–Crippen MR) is 70.5 cm³/mol. The SMILES string of the molecule is Cc1occc1CN(C)CC(=O)c1ccc(F)cc1. The molecular weight excluding hydrogens is 245 g/mol. The van der Waals surface area contributed by atoms with Gasteiger partial charge in [-0.2, -0.15) is 0 Å². The van der Waals surface area contributed by atoms with Gasteiger partial charge in [-0.15, -0.1) is 0 Å². The van der Waals surface area contributed by atoms with E-state index in [0.717, 1.165) is 11.3 Å². The lowest BCUT2D eigenvalue weighted by molar-refractivity contribution is 0.0942. The van der Waals surface area contributed by atoms with Gasteiger partial charge in [0.25, 0.3) is 0 Å². The fourth-order valence-corrected chi connectivity index (χ4v) is 1.89. The average Bonchev–Trinajstić information content (AvgIpc) is 2.75. The number of carbonyl (C=O) groups is 1. The summed E-state index contributed by atoms with van der Waals surface area (Å²) in [5, 5.41) is 0. The van der Waals surface area contributed by atoms with Crippen LogP contribution in [0.2, 0.25) is 0 Å². The van der Waals surface area contributed by atoms with E-state index in [2.05, 4.69) is 0 Å². The summed E-state index contributed by atoms with van der Waals surface area (Å²) in [6.45, 7) is 2.83. The van der Waals surface area contributed by atoms with Crippen molar-refractivity contribution in [3.8, 4) is 0 Å². The van der Waals surface area contributed by atoms with Crippen molar-refractivity contribution in [1.82, 2.24) is 4.90 Å². The fourth-order valence-electron chi connectivity index (χ4n) is 1.89. The van der Waals surface area contributed by atoms with Crippen LogP contribution >= 0.6 is 0 Å². The van der Waals surface area contributed by atoms with Gasteiger partial charge in [-0.3, -0.25) is 9.69 Å². The highest BCUT2D eigenvalue weighted by molar-refractivity contribution is 5.97. The highest BCUT2D eigenvalue weighted by Gasteiger charge is 2.11. The monoisotopic (exact) mass is 261 g/mol. The number of carbonyl (C=O) groups excluding carboxylic acids is 1. The third-order valence-corrected chi connectivity index (χ3v) is 2.99. The molecule has 1 heterocycles. The van der Waals surface area contributed by atoms with Gasteiger partial charge in [0.2, 0.25) is 0 Å². The standard InChI is InChI=1S/C15H16FNO2/c1-11-13(7-8-19-11)9-17(2)10-15(18)12-3-5-14(16)6-4-12/h3-8H,9-10H2,1-2H3. The van der Waals surface area contributed by atoms with Crippen LogP contribution in [0.5, 0.6) is 0 Å². The lowest BCUT2D eigenvalue weighted by Crippen LogP contribution is -2.25. The largest absolute Gasteiger partial charge is 0.469 e. The highest BCUT2D eigenvalue weighted by Crippen LogP contribution is 2.11. The molecule has 0 fully saturated rings. The average molecular weight is 261 g/mol. The van der Waals surface area contributed by atoms with Gasteiger partial charge in [0.15, 0.2) is 5.78 Å². The van der Waals surface area contributed by atoms with Crippen LogP contribution in [0, 0.1) is 12.7 Å². The number of aryl methyl sites for hydroxylation is 1. The molecule has 0 bridgehead atoms. The van der Waals surface area contributed by atoms with Crippen molar-refractivity contribution < 1.29 is 13.6 Å². The van der Waals surface area contributed by atoms with Gasteiger partial charge in [-0.05, 0) is 44.3 Å². The molecule has 0 aliphatic heterocycles. The number of Topliss-reactive ketones (excluding diaryl/α,β-unsaturated/α-hetero) is 1. The van der Waals surface area contributed by atoms with Gasteiger partial charge < -0.3 is 4.42 Å². The van der Waals surface area contributed by atoms with E-state index in [4.69, 9.17) is 4.42 Å². The topological polar surface area (TPSA) is 33.5 Å². The molecule has 1 aromatic heterocycles. The molecule has 0 atom stereocenters. The van der Waals surface area contributed by atoms with Gasteiger partial charge in [-0.1, -0.05) is 0 Å². The first kappa shape index (κ1) is 13.5. The predicted octanol–water partition coefficient (Wildman–Crippen LogP) is 3.04. The van der Waals surface area contributed by atoms with Crippen molar-refractivity contribution in [3.05, 3.63) is 59.3 Å². The summed E-state index contributed by atoms with van der Waals surface area (Å²) in [5.74, 6) is 0.503. The minimum absolute atomic E-state index is 0.0244. The molecule has 0 unspecified atom stereocenters. The summed E-state index contributed by atoms with van der Waals surface area (Å²) in [6, 6.07) is 7.51. The van der Waals surface area contributed by atoms with Gasteiger partial charge >= 0.3 is 0 Å². The van der Waals surface area contributed by atoms with E-state index in [1.807, 2.05) is 24.9 Å². The number of rotatable bonds is 5. The maximum atomic E-state index is 12.8. The van der Waals surface area contributed by atoms with Crippen LogP contribution in [-0.2, 0) is 6.54 Å². The molecule has 0 amide bonds. The molecular formula is C15H16FNO2. The number of nitrogens with zero attached hydrogens (tertiary/aromatic N) is 1. The molecule has 2 aromatic rings. The van der Waals surface area contributed by atoms with Gasteiger partial charge in [0.05, 0.1) is 12.8 Å². The van der Waals surface area contributed by atoms with Crippen molar-refractivity contribution >= 4 is 5.78 Å². The van der Waals surface area contributed by atoms with E-state index in [1.165, 1.54) is 24.3 Å².